The van der Waals surface area contributed by atoms with Gasteiger partial charge < -0.3 is 10.2 Å². The van der Waals surface area contributed by atoms with Gasteiger partial charge in [-0.15, -0.1) is 0 Å². The predicted molar refractivity (Wildman–Crippen MR) is 93.3 cm³/mol. The van der Waals surface area contributed by atoms with Crippen molar-refractivity contribution in [3.8, 4) is 0 Å². The first-order chi connectivity index (χ1) is 11.7. The maximum atomic E-state index is 12.5. The summed E-state index contributed by atoms with van der Waals surface area (Å²) < 4.78 is 1.86. The molecule has 0 unspecified atom stereocenters. The third kappa shape index (κ3) is 2.84. The third-order valence-corrected chi connectivity index (χ3v) is 5.21. The molecule has 3 aromatic heterocycles. The zero-order chi connectivity index (χ0) is 16.5. The van der Waals surface area contributed by atoms with Crippen LogP contribution in [0, 0.1) is 0 Å². The van der Waals surface area contributed by atoms with Crippen LogP contribution in [-0.4, -0.2) is 44.8 Å². The second kappa shape index (κ2) is 6.20. The fraction of sp³-hybridized carbons (Fsp3) is 0.375. The standard InChI is InChI=1S/C16H18N6OS/c1-21-13(6-8-18-21)22-9-3-4-11(10-22)19-14(23)16-20-12-5-2-7-17-15(12)24-16/h2,5-8,11H,3-4,9-10H2,1H3,(H,19,23)/t11-/m0/s1. The molecule has 1 N–H and O–H groups in total. The van der Waals surface area contributed by atoms with Crippen LogP contribution >= 0.6 is 11.3 Å². The van der Waals surface area contributed by atoms with Gasteiger partial charge in [0.15, 0.2) is 5.01 Å². The Balaban J connectivity index is 1.46. The van der Waals surface area contributed by atoms with E-state index in [1.54, 1.807) is 12.4 Å². The lowest BCUT2D eigenvalue weighted by Crippen LogP contribution is -2.48. The first kappa shape index (κ1) is 15.1. The molecule has 8 heteroatoms. The minimum absolute atomic E-state index is 0.112. The van der Waals surface area contributed by atoms with Crippen LogP contribution in [0.3, 0.4) is 0 Å². The number of rotatable bonds is 3. The van der Waals surface area contributed by atoms with E-state index < -0.39 is 0 Å². The number of aryl methyl sites for hydroxylation is 1. The Bertz CT molecular complexity index is 839. The van der Waals surface area contributed by atoms with Gasteiger partial charge in [-0.25, -0.2) is 9.97 Å². The summed E-state index contributed by atoms with van der Waals surface area (Å²) in [6.45, 7) is 1.77. The Morgan fingerprint density at radius 2 is 2.29 bits per heavy atom. The topological polar surface area (TPSA) is 75.9 Å². The zero-order valence-corrected chi connectivity index (χ0v) is 14.2. The van der Waals surface area contributed by atoms with Crippen molar-refractivity contribution in [3.63, 3.8) is 0 Å². The Hall–Kier alpha value is -2.48. The molecule has 124 valence electrons. The lowest BCUT2D eigenvalue weighted by Gasteiger charge is -2.34. The number of thiazole rings is 1. The molecule has 1 aliphatic heterocycles. The van der Waals surface area contributed by atoms with Gasteiger partial charge in [0.25, 0.3) is 5.91 Å². The number of carbonyl (C=O) groups is 1. The number of carbonyl (C=O) groups excluding carboxylic acids is 1. The van der Waals surface area contributed by atoms with Crippen LogP contribution in [0.15, 0.2) is 30.6 Å². The highest BCUT2D eigenvalue weighted by atomic mass is 32.1. The first-order valence-electron chi connectivity index (χ1n) is 7.96. The summed E-state index contributed by atoms with van der Waals surface area (Å²) in [7, 11) is 1.94. The second-order valence-corrected chi connectivity index (χ2v) is 6.90. The molecule has 3 aromatic rings. The second-order valence-electron chi connectivity index (χ2n) is 5.92. The lowest BCUT2D eigenvalue weighted by molar-refractivity contribution is 0.0933. The van der Waals surface area contributed by atoms with Gasteiger partial charge in [-0.2, -0.15) is 5.10 Å². The van der Waals surface area contributed by atoms with E-state index in [4.69, 9.17) is 0 Å². The van der Waals surface area contributed by atoms with Crippen LogP contribution in [0.25, 0.3) is 10.3 Å². The van der Waals surface area contributed by atoms with Crippen molar-refractivity contribution in [3.05, 3.63) is 35.6 Å². The molecule has 0 saturated carbocycles. The Labute approximate surface area is 143 Å². The van der Waals surface area contributed by atoms with Gasteiger partial charge in [0, 0.05) is 38.4 Å². The molecule has 0 spiro atoms. The average Bonchev–Trinajstić information content (AvgIpc) is 3.21. The first-order valence-corrected chi connectivity index (χ1v) is 8.78. The average molecular weight is 342 g/mol. The van der Waals surface area contributed by atoms with Crippen molar-refractivity contribution in [2.75, 3.05) is 18.0 Å². The highest BCUT2D eigenvalue weighted by molar-refractivity contribution is 7.19. The molecule has 4 heterocycles. The summed E-state index contributed by atoms with van der Waals surface area (Å²) in [4.78, 5) is 24.2. The van der Waals surface area contributed by atoms with Crippen LogP contribution < -0.4 is 10.2 Å². The van der Waals surface area contributed by atoms with Gasteiger partial charge in [-0.1, -0.05) is 11.3 Å². The van der Waals surface area contributed by atoms with Gasteiger partial charge in [0.1, 0.15) is 16.2 Å². The molecule has 1 fully saturated rings. The fourth-order valence-corrected chi connectivity index (χ4v) is 3.90. The van der Waals surface area contributed by atoms with E-state index in [9.17, 15) is 4.79 Å². The van der Waals surface area contributed by atoms with Crippen LogP contribution in [0.5, 0.6) is 0 Å². The van der Waals surface area contributed by atoms with Crippen molar-refractivity contribution in [1.82, 2.24) is 25.1 Å². The number of nitrogens with zero attached hydrogens (tertiary/aromatic N) is 5. The van der Waals surface area contributed by atoms with Crippen LogP contribution in [-0.2, 0) is 7.05 Å². The van der Waals surface area contributed by atoms with Crippen LogP contribution in [0.1, 0.15) is 22.6 Å². The highest BCUT2D eigenvalue weighted by Crippen LogP contribution is 2.21. The van der Waals surface area contributed by atoms with E-state index in [-0.39, 0.29) is 11.9 Å². The van der Waals surface area contributed by atoms with Gasteiger partial charge >= 0.3 is 0 Å². The molecular formula is C16H18N6OS. The smallest absolute Gasteiger partial charge is 0.280 e. The Morgan fingerprint density at radius 1 is 1.38 bits per heavy atom. The molecule has 0 aliphatic carbocycles. The Kier molecular flexibility index (Phi) is 3.89. The van der Waals surface area contributed by atoms with E-state index >= 15 is 0 Å². The third-order valence-electron chi connectivity index (χ3n) is 4.24. The highest BCUT2D eigenvalue weighted by Gasteiger charge is 2.24. The summed E-state index contributed by atoms with van der Waals surface area (Å²) in [6, 6.07) is 5.82. The van der Waals surface area contributed by atoms with Crippen LogP contribution in [0.2, 0.25) is 0 Å². The van der Waals surface area contributed by atoms with Crippen LogP contribution in [0.4, 0.5) is 5.82 Å². The lowest BCUT2D eigenvalue weighted by atomic mass is 10.1. The maximum absolute atomic E-state index is 12.5. The molecule has 1 amide bonds. The minimum Gasteiger partial charge on any atom is -0.355 e. The number of amides is 1. The van der Waals surface area contributed by atoms with Gasteiger partial charge in [-0.3, -0.25) is 9.48 Å². The van der Waals surface area contributed by atoms with E-state index in [1.807, 2.05) is 29.9 Å². The molecular weight excluding hydrogens is 324 g/mol. The number of anilines is 1. The quantitative estimate of drug-likeness (QED) is 0.786. The molecule has 4 rings (SSSR count). The Morgan fingerprint density at radius 3 is 3.08 bits per heavy atom. The number of aromatic nitrogens is 4. The van der Waals surface area contributed by atoms with E-state index in [0.717, 1.165) is 42.1 Å². The predicted octanol–water partition coefficient (Wildman–Crippen LogP) is 1.82. The summed E-state index contributed by atoms with van der Waals surface area (Å²) in [5.74, 6) is 0.966. The molecule has 0 aromatic carbocycles. The van der Waals surface area contributed by atoms with Crippen molar-refractivity contribution in [2.45, 2.75) is 18.9 Å². The van der Waals surface area contributed by atoms with Crippen molar-refractivity contribution >= 4 is 33.4 Å². The zero-order valence-electron chi connectivity index (χ0n) is 13.3. The number of hydrogen-bond donors (Lipinski definition) is 1. The van der Waals surface area contributed by atoms with Crippen molar-refractivity contribution in [2.24, 2.45) is 7.05 Å². The molecule has 0 bridgehead atoms. The normalized spacial score (nSPS) is 18.0. The molecule has 1 atom stereocenters. The number of fused-ring (bicyclic) bond motifs is 1. The molecule has 1 saturated heterocycles. The maximum Gasteiger partial charge on any atom is 0.280 e. The SMILES string of the molecule is Cn1nccc1N1CCC[C@H](NC(=O)c2nc3cccnc3s2)C1. The largest absolute Gasteiger partial charge is 0.355 e. The summed E-state index contributed by atoms with van der Waals surface area (Å²) in [5.41, 5.74) is 0.771. The van der Waals surface area contributed by atoms with E-state index in [2.05, 4.69) is 25.3 Å². The van der Waals surface area contributed by atoms with Crippen molar-refractivity contribution in [1.29, 1.82) is 0 Å². The molecule has 0 radical (unpaired) electrons. The minimum atomic E-state index is -0.116. The monoisotopic (exact) mass is 342 g/mol. The molecule has 7 nitrogen and oxygen atoms in total. The fourth-order valence-electron chi connectivity index (χ4n) is 3.09. The number of hydrogen-bond acceptors (Lipinski definition) is 6. The molecule has 1 aliphatic rings. The number of piperidine rings is 1. The number of nitrogens with one attached hydrogen (secondary N) is 1. The molecule has 24 heavy (non-hydrogen) atoms. The summed E-state index contributed by atoms with van der Waals surface area (Å²) in [6.07, 6.45) is 5.53. The van der Waals surface area contributed by atoms with Gasteiger partial charge in [-0.05, 0) is 25.0 Å². The van der Waals surface area contributed by atoms with Gasteiger partial charge in [0.2, 0.25) is 0 Å². The summed E-state index contributed by atoms with van der Waals surface area (Å²) in [5, 5.41) is 7.81. The van der Waals surface area contributed by atoms with E-state index in [0.29, 0.717) is 5.01 Å². The van der Waals surface area contributed by atoms with Gasteiger partial charge in [0.05, 0.1) is 6.20 Å². The van der Waals surface area contributed by atoms with E-state index in [1.165, 1.54) is 11.3 Å². The number of pyridine rings is 1. The summed E-state index contributed by atoms with van der Waals surface area (Å²) >= 11 is 1.33. The van der Waals surface area contributed by atoms with Crippen molar-refractivity contribution < 1.29 is 4.79 Å².